The zero-order valence-electron chi connectivity index (χ0n) is 11.2. The summed E-state index contributed by atoms with van der Waals surface area (Å²) in [4.78, 5) is 0. The molecule has 0 heterocycles. The topological polar surface area (TPSA) is 49.7 Å². The number of ether oxygens (including phenoxy) is 1. The first-order chi connectivity index (χ1) is 9.61. The Bertz CT molecular complexity index is 582. The van der Waals surface area contributed by atoms with Crippen molar-refractivity contribution in [2.45, 2.75) is 19.4 Å². The molecule has 0 amide bonds. The number of aliphatic hydroxyl groups excluding tert-OH is 2. The Hall–Kier alpha value is -1.55. The van der Waals surface area contributed by atoms with E-state index in [1.54, 1.807) is 25.1 Å². The van der Waals surface area contributed by atoms with E-state index in [-0.39, 0.29) is 6.61 Å². The Balaban J connectivity index is 2.26. The maximum atomic E-state index is 9.52. The second-order valence-electron chi connectivity index (χ2n) is 4.55. The van der Waals surface area contributed by atoms with Crippen molar-refractivity contribution in [2.75, 3.05) is 6.61 Å². The molecule has 2 N–H and O–H groups in total. The van der Waals surface area contributed by atoms with Crippen molar-refractivity contribution in [1.29, 1.82) is 0 Å². The van der Waals surface area contributed by atoms with Crippen LogP contribution in [0.15, 0.2) is 42.5 Å². The van der Waals surface area contributed by atoms with E-state index in [2.05, 4.69) is 0 Å². The van der Waals surface area contributed by atoms with Gasteiger partial charge in [-0.1, -0.05) is 35.9 Å². The number of halogens is 1. The third-order valence-corrected chi connectivity index (χ3v) is 3.31. The molecule has 0 aliphatic rings. The summed E-state index contributed by atoms with van der Waals surface area (Å²) in [6, 6.07) is 12.7. The molecule has 0 aromatic heterocycles. The van der Waals surface area contributed by atoms with Gasteiger partial charge in [0, 0.05) is 6.61 Å². The van der Waals surface area contributed by atoms with Gasteiger partial charge in [0.05, 0.1) is 11.1 Å². The smallest absolute Gasteiger partial charge is 0.146 e. The SMILES string of the molecule is CC(O)c1ccc(Oc2ccccc2CCO)c(Cl)c1. The van der Waals surface area contributed by atoms with Gasteiger partial charge in [0.1, 0.15) is 11.5 Å². The molecule has 2 rings (SSSR count). The molecule has 0 spiro atoms. The van der Waals surface area contributed by atoms with Gasteiger partial charge in [-0.05, 0) is 42.7 Å². The molecule has 3 nitrogen and oxygen atoms in total. The fourth-order valence-electron chi connectivity index (χ4n) is 1.91. The van der Waals surface area contributed by atoms with Crippen molar-refractivity contribution in [2.24, 2.45) is 0 Å². The Kier molecular flexibility index (Phi) is 5.01. The summed E-state index contributed by atoms with van der Waals surface area (Å²) in [7, 11) is 0. The van der Waals surface area contributed by atoms with Crippen LogP contribution in [0.4, 0.5) is 0 Å². The van der Waals surface area contributed by atoms with Gasteiger partial charge in [-0.25, -0.2) is 0 Å². The van der Waals surface area contributed by atoms with Crippen LogP contribution in [0.1, 0.15) is 24.2 Å². The largest absolute Gasteiger partial charge is 0.456 e. The molecule has 106 valence electrons. The fourth-order valence-corrected chi connectivity index (χ4v) is 2.14. The van der Waals surface area contributed by atoms with Gasteiger partial charge in [-0.15, -0.1) is 0 Å². The van der Waals surface area contributed by atoms with E-state index in [4.69, 9.17) is 21.4 Å². The lowest BCUT2D eigenvalue weighted by Gasteiger charge is -2.13. The first-order valence-corrected chi connectivity index (χ1v) is 6.83. The number of hydrogen-bond donors (Lipinski definition) is 2. The van der Waals surface area contributed by atoms with Crippen molar-refractivity contribution in [3.8, 4) is 11.5 Å². The molecule has 0 aliphatic carbocycles. The average molecular weight is 293 g/mol. The van der Waals surface area contributed by atoms with Crippen molar-refractivity contribution in [3.05, 3.63) is 58.6 Å². The van der Waals surface area contributed by atoms with Crippen molar-refractivity contribution in [3.63, 3.8) is 0 Å². The predicted molar refractivity (Wildman–Crippen MR) is 79.4 cm³/mol. The fraction of sp³-hybridized carbons (Fsp3) is 0.250. The summed E-state index contributed by atoms with van der Waals surface area (Å²) in [5, 5.41) is 19.0. The highest BCUT2D eigenvalue weighted by atomic mass is 35.5. The van der Waals surface area contributed by atoms with Gasteiger partial charge in [-0.3, -0.25) is 0 Å². The van der Waals surface area contributed by atoms with Crippen LogP contribution >= 0.6 is 11.6 Å². The lowest BCUT2D eigenvalue weighted by Crippen LogP contribution is -1.96. The van der Waals surface area contributed by atoms with E-state index in [1.807, 2.05) is 24.3 Å². The molecule has 4 heteroatoms. The molecular weight excluding hydrogens is 276 g/mol. The van der Waals surface area contributed by atoms with Gasteiger partial charge >= 0.3 is 0 Å². The summed E-state index contributed by atoms with van der Waals surface area (Å²) in [5.74, 6) is 1.20. The standard InChI is InChI=1S/C16H17ClO3/c1-11(19)13-6-7-16(14(17)10-13)20-15-5-3-2-4-12(15)8-9-18/h2-7,10-11,18-19H,8-9H2,1H3. The van der Waals surface area contributed by atoms with Gasteiger partial charge in [-0.2, -0.15) is 0 Å². The van der Waals surface area contributed by atoms with Crippen LogP contribution in [-0.4, -0.2) is 16.8 Å². The molecule has 2 aromatic rings. The van der Waals surface area contributed by atoms with E-state index in [0.717, 1.165) is 11.1 Å². The second-order valence-corrected chi connectivity index (χ2v) is 4.96. The van der Waals surface area contributed by atoms with Gasteiger partial charge < -0.3 is 14.9 Å². The highest BCUT2D eigenvalue weighted by Gasteiger charge is 2.09. The van der Waals surface area contributed by atoms with Crippen molar-refractivity contribution < 1.29 is 14.9 Å². The van der Waals surface area contributed by atoms with Crippen LogP contribution in [0.2, 0.25) is 5.02 Å². The Morgan fingerprint density at radius 1 is 1.15 bits per heavy atom. The van der Waals surface area contributed by atoms with E-state index < -0.39 is 6.10 Å². The third kappa shape index (κ3) is 3.51. The van der Waals surface area contributed by atoms with Crippen LogP contribution in [0.5, 0.6) is 11.5 Å². The molecule has 2 aromatic carbocycles. The highest BCUT2D eigenvalue weighted by Crippen LogP contribution is 2.33. The van der Waals surface area contributed by atoms with Crippen LogP contribution in [0.3, 0.4) is 0 Å². The second kappa shape index (κ2) is 6.75. The summed E-state index contributed by atoms with van der Waals surface area (Å²) in [6.45, 7) is 1.75. The predicted octanol–water partition coefficient (Wildman–Crippen LogP) is 3.72. The molecule has 0 fully saturated rings. The minimum Gasteiger partial charge on any atom is -0.456 e. The molecule has 20 heavy (non-hydrogen) atoms. The molecule has 0 saturated heterocycles. The third-order valence-electron chi connectivity index (χ3n) is 3.01. The van der Waals surface area contributed by atoms with Gasteiger partial charge in [0.2, 0.25) is 0 Å². The molecule has 0 radical (unpaired) electrons. The average Bonchev–Trinajstić information content (AvgIpc) is 2.43. The molecule has 0 saturated carbocycles. The van der Waals surface area contributed by atoms with E-state index >= 15 is 0 Å². The normalized spacial score (nSPS) is 12.2. The zero-order valence-corrected chi connectivity index (χ0v) is 12.0. The lowest BCUT2D eigenvalue weighted by molar-refractivity contribution is 0.199. The monoisotopic (exact) mass is 292 g/mol. The molecule has 0 bridgehead atoms. The van der Waals surface area contributed by atoms with Gasteiger partial charge in [0.25, 0.3) is 0 Å². The van der Waals surface area contributed by atoms with E-state index in [1.165, 1.54) is 0 Å². The minimum atomic E-state index is -0.566. The summed E-state index contributed by atoms with van der Waals surface area (Å²) in [5.41, 5.74) is 1.66. The maximum absolute atomic E-state index is 9.52. The summed E-state index contributed by atoms with van der Waals surface area (Å²) in [6.07, 6.45) is -0.0391. The maximum Gasteiger partial charge on any atom is 0.146 e. The van der Waals surface area contributed by atoms with Crippen molar-refractivity contribution >= 4 is 11.6 Å². The number of rotatable bonds is 5. The van der Waals surface area contributed by atoms with Crippen LogP contribution in [0.25, 0.3) is 0 Å². The Labute approximate surface area is 123 Å². The zero-order chi connectivity index (χ0) is 14.5. The summed E-state index contributed by atoms with van der Waals surface area (Å²) < 4.78 is 5.80. The van der Waals surface area contributed by atoms with Crippen molar-refractivity contribution in [1.82, 2.24) is 0 Å². The van der Waals surface area contributed by atoms with Crippen LogP contribution in [-0.2, 0) is 6.42 Å². The van der Waals surface area contributed by atoms with E-state index in [9.17, 15) is 5.11 Å². The minimum absolute atomic E-state index is 0.0646. The molecule has 1 atom stereocenters. The lowest BCUT2D eigenvalue weighted by atomic mass is 10.1. The molecule has 1 unspecified atom stereocenters. The summed E-state index contributed by atoms with van der Waals surface area (Å²) >= 11 is 6.17. The number of hydrogen-bond acceptors (Lipinski definition) is 3. The molecular formula is C16H17ClO3. The Morgan fingerprint density at radius 3 is 2.55 bits per heavy atom. The molecule has 0 aliphatic heterocycles. The Morgan fingerprint density at radius 2 is 1.90 bits per heavy atom. The first-order valence-electron chi connectivity index (χ1n) is 6.46. The van der Waals surface area contributed by atoms with Crippen LogP contribution in [0, 0.1) is 0 Å². The highest BCUT2D eigenvalue weighted by molar-refractivity contribution is 6.32. The van der Waals surface area contributed by atoms with Crippen LogP contribution < -0.4 is 4.74 Å². The first kappa shape index (κ1) is 14.9. The quantitative estimate of drug-likeness (QED) is 0.883. The van der Waals surface area contributed by atoms with E-state index in [0.29, 0.717) is 22.9 Å². The number of benzene rings is 2. The van der Waals surface area contributed by atoms with Gasteiger partial charge in [0.15, 0.2) is 0 Å². The number of para-hydroxylation sites is 1. The number of aliphatic hydroxyl groups is 2.